The van der Waals surface area contributed by atoms with Crippen LogP contribution in [0.25, 0.3) is 0 Å². The second-order valence-corrected chi connectivity index (χ2v) is 7.27. The highest BCUT2D eigenvalue weighted by molar-refractivity contribution is 5.87. The molecule has 1 heterocycles. The zero-order valence-electron chi connectivity index (χ0n) is 18.5. The summed E-state index contributed by atoms with van der Waals surface area (Å²) in [6.07, 6.45) is 6.14. The molecule has 31 heavy (non-hydrogen) atoms. The van der Waals surface area contributed by atoms with E-state index in [0.717, 1.165) is 69.4 Å². The smallest absolute Gasteiger partial charge is 0.267 e. The van der Waals surface area contributed by atoms with Gasteiger partial charge in [-0.25, -0.2) is 10.5 Å². The first-order valence-electron chi connectivity index (χ1n) is 10.7. The molecule has 1 saturated heterocycles. The molecule has 1 aliphatic heterocycles. The number of hydrogen-bond donors (Lipinski definition) is 3. The van der Waals surface area contributed by atoms with Gasteiger partial charge < -0.3 is 14.8 Å². The molecule has 3 N–H and O–H groups in total. The normalized spacial score (nSPS) is 15.8. The van der Waals surface area contributed by atoms with Crippen LogP contribution in [0.5, 0.6) is 5.75 Å². The van der Waals surface area contributed by atoms with Crippen LogP contribution in [0, 0.1) is 0 Å². The molecule has 8 heteroatoms. The summed E-state index contributed by atoms with van der Waals surface area (Å²) >= 11 is 0. The molecule has 0 aromatic heterocycles. The summed E-state index contributed by atoms with van der Waals surface area (Å²) in [7, 11) is 0. The van der Waals surface area contributed by atoms with E-state index in [1.165, 1.54) is 11.6 Å². The minimum Gasteiger partial charge on any atom is -0.494 e. The quantitative estimate of drug-likeness (QED) is 0.0950. The van der Waals surface area contributed by atoms with Gasteiger partial charge in [0.2, 0.25) is 0 Å². The molecule has 1 aromatic rings. The summed E-state index contributed by atoms with van der Waals surface area (Å²) in [5.74, 6) is 1.18. The molecule has 1 fully saturated rings. The topological polar surface area (TPSA) is 95.4 Å². The number of amidine groups is 1. The third kappa shape index (κ3) is 10.3. The lowest BCUT2D eigenvalue weighted by molar-refractivity contribution is -0.124. The molecular formula is C23H34N4O4. The van der Waals surface area contributed by atoms with Gasteiger partial charge >= 0.3 is 0 Å². The third-order valence-electron chi connectivity index (χ3n) is 4.72. The molecule has 0 aliphatic carbocycles. The number of rotatable bonds is 11. The number of hydroxylamine groups is 1. The standard InChI is InChI=1S/C23H34N4O4/c1-3-22(25-17-19(2)5-10-23(28)26-29)24-11-4-14-31-21-8-6-20(7-9-21)18-27-12-15-30-16-13-27/h5-10,17,29H,3-4,11-16,18H2,1-2H3,(H,24,25)(H,26,28)/b10-5+,19-17+. The van der Waals surface area contributed by atoms with Gasteiger partial charge in [0.25, 0.3) is 5.91 Å². The van der Waals surface area contributed by atoms with Gasteiger partial charge in [0.05, 0.1) is 19.8 Å². The molecule has 0 saturated carbocycles. The largest absolute Gasteiger partial charge is 0.494 e. The number of nitrogens with zero attached hydrogens (tertiary/aromatic N) is 2. The van der Waals surface area contributed by atoms with Gasteiger partial charge in [-0.05, 0) is 36.6 Å². The van der Waals surface area contributed by atoms with Gasteiger partial charge in [-0.15, -0.1) is 0 Å². The number of carbonyl (C=O) groups is 1. The summed E-state index contributed by atoms with van der Waals surface area (Å²) in [6, 6.07) is 8.30. The highest BCUT2D eigenvalue weighted by Crippen LogP contribution is 2.14. The van der Waals surface area contributed by atoms with Crippen LogP contribution in [0.15, 0.2) is 53.2 Å². The van der Waals surface area contributed by atoms with Crippen molar-refractivity contribution in [3.05, 3.63) is 53.8 Å². The summed E-state index contributed by atoms with van der Waals surface area (Å²) in [6.45, 7) is 9.80. The number of ether oxygens (including phenoxy) is 2. The van der Waals surface area contributed by atoms with Crippen molar-refractivity contribution in [3.8, 4) is 5.75 Å². The SMILES string of the molecule is CC\C(=N/C=C(C)/C=C/C(=O)NO)NCCCOc1ccc(CN2CCOCC2)cc1. The molecule has 2 rings (SSSR count). The molecule has 0 bridgehead atoms. The molecule has 170 valence electrons. The van der Waals surface area contributed by atoms with Crippen LogP contribution in [-0.4, -0.2) is 61.3 Å². The van der Waals surface area contributed by atoms with Gasteiger partial charge in [-0.3, -0.25) is 14.9 Å². The number of allylic oxidation sites excluding steroid dienone is 2. The highest BCUT2D eigenvalue weighted by Gasteiger charge is 2.10. The van der Waals surface area contributed by atoms with Crippen LogP contribution >= 0.6 is 0 Å². The molecule has 0 spiro atoms. The third-order valence-corrected chi connectivity index (χ3v) is 4.72. The summed E-state index contributed by atoms with van der Waals surface area (Å²) in [5.41, 5.74) is 3.64. The van der Waals surface area contributed by atoms with E-state index < -0.39 is 5.91 Å². The fourth-order valence-electron chi connectivity index (χ4n) is 2.93. The lowest BCUT2D eigenvalue weighted by atomic mass is 10.2. The first-order chi connectivity index (χ1) is 15.1. The number of aliphatic imine (C=N–C) groups is 1. The van der Waals surface area contributed by atoms with Crippen molar-refractivity contribution in [1.82, 2.24) is 15.7 Å². The lowest BCUT2D eigenvalue weighted by Gasteiger charge is -2.26. The number of hydrogen-bond acceptors (Lipinski definition) is 6. The van der Waals surface area contributed by atoms with Crippen molar-refractivity contribution in [2.75, 3.05) is 39.5 Å². The highest BCUT2D eigenvalue weighted by atomic mass is 16.5. The van der Waals surface area contributed by atoms with Crippen molar-refractivity contribution in [1.29, 1.82) is 0 Å². The molecule has 1 amide bonds. The molecule has 1 aromatic carbocycles. The van der Waals surface area contributed by atoms with E-state index in [4.69, 9.17) is 14.7 Å². The molecular weight excluding hydrogens is 396 g/mol. The fourth-order valence-corrected chi connectivity index (χ4v) is 2.93. The number of morpholine rings is 1. The number of carbonyl (C=O) groups excluding carboxylic acids is 1. The maximum atomic E-state index is 11.0. The first-order valence-corrected chi connectivity index (χ1v) is 10.7. The summed E-state index contributed by atoms with van der Waals surface area (Å²) < 4.78 is 11.2. The Morgan fingerprint density at radius 1 is 1.26 bits per heavy atom. The van der Waals surface area contributed by atoms with E-state index in [1.807, 2.05) is 26.0 Å². The van der Waals surface area contributed by atoms with Crippen molar-refractivity contribution in [2.45, 2.75) is 33.2 Å². The van der Waals surface area contributed by atoms with Crippen molar-refractivity contribution >= 4 is 11.7 Å². The van der Waals surface area contributed by atoms with E-state index in [0.29, 0.717) is 6.61 Å². The predicted molar refractivity (Wildman–Crippen MR) is 121 cm³/mol. The molecule has 0 unspecified atom stereocenters. The van der Waals surface area contributed by atoms with Crippen LogP contribution in [0.1, 0.15) is 32.3 Å². The van der Waals surface area contributed by atoms with E-state index in [9.17, 15) is 4.79 Å². The van der Waals surface area contributed by atoms with Crippen LogP contribution in [-0.2, 0) is 16.1 Å². The average molecular weight is 431 g/mol. The van der Waals surface area contributed by atoms with E-state index in [-0.39, 0.29) is 0 Å². The Morgan fingerprint density at radius 3 is 2.68 bits per heavy atom. The number of benzene rings is 1. The minimum absolute atomic E-state index is 0.572. The van der Waals surface area contributed by atoms with Crippen molar-refractivity contribution in [2.24, 2.45) is 4.99 Å². The van der Waals surface area contributed by atoms with Crippen molar-refractivity contribution < 1.29 is 19.5 Å². The molecule has 0 atom stereocenters. The Bertz CT molecular complexity index is 753. The summed E-state index contributed by atoms with van der Waals surface area (Å²) in [4.78, 5) is 17.8. The lowest BCUT2D eigenvalue weighted by Crippen LogP contribution is -2.35. The van der Waals surface area contributed by atoms with E-state index >= 15 is 0 Å². The molecule has 0 radical (unpaired) electrons. The molecule has 1 aliphatic rings. The maximum Gasteiger partial charge on any atom is 0.267 e. The van der Waals surface area contributed by atoms with Crippen LogP contribution in [0.3, 0.4) is 0 Å². The maximum absolute atomic E-state index is 11.0. The van der Waals surface area contributed by atoms with Crippen molar-refractivity contribution in [3.63, 3.8) is 0 Å². The Morgan fingerprint density at radius 2 is 2.00 bits per heavy atom. The van der Waals surface area contributed by atoms with E-state index in [1.54, 1.807) is 17.8 Å². The zero-order valence-corrected chi connectivity index (χ0v) is 18.5. The van der Waals surface area contributed by atoms with Gasteiger partial charge in [0.1, 0.15) is 11.6 Å². The second-order valence-electron chi connectivity index (χ2n) is 7.27. The van der Waals surface area contributed by atoms with Crippen LogP contribution in [0.2, 0.25) is 0 Å². The number of amides is 1. The zero-order chi connectivity index (χ0) is 22.3. The second kappa shape index (κ2) is 14.3. The van der Waals surface area contributed by atoms with Crippen LogP contribution < -0.4 is 15.5 Å². The Hall–Kier alpha value is -2.68. The van der Waals surface area contributed by atoms with E-state index in [2.05, 4.69) is 27.3 Å². The monoisotopic (exact) mass is 430 g/mol. The Balaban J connectivity index is 1.66. The van der Waals surface area contributed by atoms with Crippen LogP contribution in [0.4, 0.5) is 0 Å². The van der Waals surface area contributed by atoms with Gasteiger partial charge in [0.15, 0.2) is 0 Å². The Labute approximate surface area is 184 Å². The Kier molecular flexibility index (Phi) is 11.4. The van der Waals surface area contributed by atoms with Gasteiger partial charge in [-0.2, -0.15) is 0 Å². The van der Waals surface area contributed by atoms with Gasteiger partial charge in [0, 0.05) is 44.9 Å². The predicted octanol–water partition coefficient (Wildman–Crippen LogP) is 2.65. The molecule has 8 nitrogen and oxygen atoms in total. The summed E-state index contributed by atoms with van der Waals surface area (Å²) in [5, 5.41) is 11.8. The fraction of sp³-hybridized carbons (Fsp3) is 0.478. The minimum atomic E-state index is -0.572. The average Bonchev–Trinajstić information content (AvgIpc) is 2.81. The van der Waals surface area contributed by atoms with Gasteiger partial charge in [-0.1, -0.05) is 25.1 Å². The number of nitrogens with one attached hydrogen (secondary N) is 2. The first kappa shape index (κ1) is 24.6.